The van der Waals surface area contributed by atoms with E-state index in [1.165, 1.54) is 18.4 Å². The van der Waals surface area contributed by atoms with Gasteiger partial charge in [-0.1, -0.05) is 28.1 Å². The summed E-state index contributed by atoms with van der Waals surface area (Å²) in [6.07, 6.45) is 5.61. The molecular formula is C14H19BrO2. The van der Waals surface area contributed by atoms with E-state index in [1.54, 1.807) is 0 Å². The Bertz CT molecular complexity index is 317. The third-order valence-electron chi connectivity index (χ3n) is 2.93. The van der Waals surface area contributed by atoms with Crippen LogP contribution in [0.5, 0.6) is 5.75 Å². The second-order valence-corrected chi connectivity index (χ2v) is 5.14. The predicted molar refractivity (Wildman–Crippen MR) is 72.8 cm³/mol. The van der Waals surface area contributed by atoms with E-state index in [2.05, 4.69) is 28.1 Å². The first-order valence-corrected chi connectivity index (χ1v) is 7.44. The van der Waals surface area contributed by atoms with Gasteiger partial charge in [0.15, 0.2) is 6.29 Å². The van der Waals surface area contributed by atoms with E-state index in [9.17, 15) is 0 Å². The Balaban J connectivity index is 1.84. The molecule has 3 heteroatoms. The number of benzene rings is 1. The van der Waals surface area contributed by atoms with E-state index in [0.717, 1.165) is 36.9 Å². The van der Waals surface area contributed by atoms with Crippen LogP contribution in [0.1, 0.15) is 31.2 Å². The SMILES string of the molecule is BrCCCc1ccc(OC2CCCCO2)cc1. The van der Waals surface area contributed by atoms with Crippen molar-refractivity contribution in [2.75, 3.05) is 11.9 Å². The fraction of sp³-hybridized carbons (Fsp3) is 0.571. The molecule has 2 rings (SSSR count). The molecule has 0 saturated carbocycles. The fourth-order valence-electron chi connectivity index (χ4n) is 1.96. The van der Waals surface area contributed by atoms with Crippen LogP contribution in [0.3, 0.4) is 0 Å². The Morgan fingerprint density at radius 3 is 2.71 bits per heavy atom. The Morgan fingerprint density at radius 2 is 2.06 bits per heavy atom. The number of alkyl halides is 1. The van der Waals surface area contributed by atoms with Crippen LogP contribution in [-0.2, 0) is 11.2 Å². The van der Waals surface area contributed by atoms with Crippen molar-refractivity contribution >= 4 is 15.9 Å². The predicted octanol–water partition coefficient (Wildman–Crippen LogP) is 3.92. The first kappa shape index (κ1) is 12.9. The van der Waals surface area contributed by atoms with Crippen molar-refractivity contribution in [3.63, 3.8) is 0 Å². The summed E-state index contributed by atoms with van der Waals surface area (Å²) >= 11 is 3.45. The lowest BCUT2D eigenvalue weighted by molar-refractivity contribution is -0.105. The Kier molecular flexibility index (Phi) is 5.33. The monoisotopic (exact) mass is 298 g/mol. The number of halogens is 1. The minimum atomic E-state index is -0.0443. The Hall–Kier alpha value is -0.540. The number of rotatable bonds is 5. The minimum Gasteiger partial charge on any atom is -0.465 e. The summed E-state index contributed by atoms with van der Waals surface area (Å²) in [5.74, 6) is 0.916. The summed E-state index contributed by atoms with van der Waals surface area (Å²) in [5.41, 5.74) is 1.36. The molecular weight excluding hydrogens is 280 g/mol. The third kappa shape index (κ3) is 4.32. The van der Waals surface area contributed by atoms with Crippen LogP contribution in [0.4, 0.5) is 0 Å². The molecule has 0 spiro atoms. The summed E-state index contributed by atoms with van der Waals surface area (Å²) in [6, 6.07) is 8.37. The zero-order valence-corrected chi connectivity index (χ0v) is 11.6. The maximum Gasteiger partial charge on any atom is 0.199 e. The molecule has 1 heterocycles. The van der Waals surface area contributed by atoms with Crippen molar-refractivity contribution in [1.29, 1.82) is 0 Å². The van der Waals surface area contributed by atoms with Gasteiger partial charge in [-0.3, -0.25) is 0 Å². The van der Waals surface area contributed by atoms with E-state index in [0.29, 0.717) is 0 Å². The third-order valence-corrected chi connectivity index (χ3v) is 3.49. The molecule has 1 saturated heterocycles. The molecule has 1 aromatic carbocycles. The standard InChI is InChI=1S/C14H19BrO2/c15-10-3-4-12-6-8-13(9-7-12)17-14-5-1-2-11-16-14/h6-9,14H,1-5,10-11H2. The molecule has 1 aliphatic heterocycles. The maximum atomic E-state index is 5.78. The average Bonchev–Trinajstić information content (AvgIpc) is 2.39. The van der Waals surface area contributed by atoms with E-state index < -0.39 is 0 Å². The molecule has 1 unspecified atom stereocenters. The molecule has 1 aromatic rings. The Morgan fingerprint density at radius 1 is 1.24 bits per heavy atom. The van der Waals surface area contributed by atoms with Gasteiger partial charge in [0.05, 0.1) is 6.61 Å². The number of hydrogen-bond acceptors (Lipinski definition) is 2. The van der Waals surface area contributed by atoms with E-state index in [4.69, 9.17) is 9.47 Å². The molecule has 0 N–H and O–H groups in total. The molecule has 0 aromatic heterocycles. The molecule has 1 atom stereocenters. The van der Waals surface area contributed by atoms with Gasteiger partial charge in [-0.05, 0) is 43.4 Å². The summed E-state index contributed by atoms with van der Waals surface area (Å²) in [6.45, 7) is 0.827. The van der Waals surface area contributed by atoms with Gasteiger partial charge in [0.2, 0.25) is 0 Å². The van der Waals surface area contributed by atoms with Crippen molar-refractivity contribution in [1.82, 2.24) is 0 Å². The van der Waals surface area contributed by atoms with Crippen LogP contribution in [-0.4, -0.2) is 18.2 Å². The van der Waals surface area contributed by atoms with Gasteiger partial charge in [0, 0.05) is 11.8 Å². The molecule has 1 fully saturated rings. The van der Waals surface area contributed by atoms with Gasteiger partial charge in [0.1, 0.15) is 5.75 Å². The highest BCUT2D eigenvalue weighted by atomic mass is 79.9. The molecule has 2 nitrogen and oxygen atoms in total. The second-order valence-electron chi connectivity index (χ2n) is 4.35. The minimum absolute atomic E-state index is 0.0443. The van der Waals surface area contributed by atoms with Crippen LogP contribution < -0.4 is 4.74 Å². The first-order valence-electron chi connectivity index (χ1n) is 6.31. The van der Waals surface area contributed by atoms with Crippen molar-refractivity contribution in [2.24, 2.45) is 0 Å². The summed E-state index contributed by atoms with van der Waals surface area (Å²) < 4.78 is 11.3. The van der Waals surface area contributed by atoms with Crippen LogP contribution in [0.15, 0.2) is 24.3 Å². The molecule has 0 amide bonds. The highest BCUT2D eigenvalue weighted by molar-refractivity contribution is 9.09. The van der Waals surface area contributed by atoms with Crippen LogP contribution in [0.2, 0.25) is 0 Å². The topological polar surface area (TPSA) is 18.5 Å². The molecule has 1 aliphatic rings. The summed E-state index contributed by atoms with van der Waals surface area (Å²) in [4.78, 5) is 0. The van der Waals surface area contributed by atoms with Crippen LogP contribution in [0.25, 0.3) is 0 Å². The average molecular weight is 299 g/mol. The largest absolute Gasteiger partial charge is 0.465 e. The van der Waals surface area contributed by atoms with Crippen molar-refractivity contribution in [3.8, 4) is 5.75 Å². The number of ether oxygens (including phenoxy) is 2. The smallest absolute Gasteiger partial charge is 0.199 e. The molecule has 0 radical (unpaired) electrons. The highest BCUT2D eigenvalue weighted by Gasteiger charge is 2.14. The highest BCUT2D eigenvalue weighted by Crippen LogP contribution is 2.20. The number of aryl methyl sites for hydroxylation is 1. The van der Waals surface area contributed by atoms with Crippen molar-refractivity contribution in [3.05, 3.63) is 29.8 Å². The van der Waals surface area contributed by atoms with E-state index >= 15 is 0 Å². The maximum absolute atomic E-state index is 5.78. The molecule has 94 valence electrons. The van der Waals surface area contributed by atoms with Gasteiger partial charge in [-0.15, -0.1) is 0 Å². The second kappa shape index (κ2) is 7.02. The lowest BCUT2D eigenvalue weighted by atomic mass is 10.1. The fourth-order valence-corrected chi connectivity index (χ4v) is 2.24. The molecule has 0 aliphatic carbocycles. The summed E-state index contributed by atoms with van der Waals surface area (Å²) in [5, 5.41) is 1.06. The van der Waals surface area contributed by atoms with E-state index in [1.807, 2.05) is 12.1 Å². The van der Waals surface area contributed by atoms with Gasteiger partial charge < -0.3 is 9.47 Å². The zero-order chi connectivity index (χ0) is 11.9. The zero-order valence-electron chi connectivity index (χ0n) is 10.0. The number of hydrogen-bond donors (Lipinski definition) is 0. The van der Waals surface area contributed by atoms with Gasteiger partial charge in [-0.25, -0.2) is 0 Å². The summed E-state index contributed by atoms with van der Waals surface area (Å²) in [7, 11) is 0. The van der Waals surface area contributed by atoms with Crippen molar-refractivity contribution < 1.29 is 9.47 Å². The normalized spacial score (nSPS) is 20.2. The lowest BCUT2D eigenvalue weighted by Crippen LogP contribution is -2.24. The van der Waals surface area contributed by atoms with Gasteiger partial charge in [-0.2, -0.15) is 0 Å². The Labute approximate surface area is 111 Å². The lowest BCUT2D eigenvalue weighted by Gasteiger charge is -2.23. The first-order chi connectivity index (χ1) is 8.38. The molecule has 17 heavy (non-hydrogen) atoms. The van der Waals surface area contributed by atoms with Gasteiger partial charge in [0.25, 0.3) is 0 Å². The van der Waals surface area contributed by atoms with Crippen LogP contribution >= 0.6 is 15.9 Å². The molecule has 0 bridgehead atoms. The van der Waals surface area contributed by atoms with E-state index in [-0.39, 0.29) is 6.29 Å². The quantitative estimate of drug-likeness (QED) is 0.767. The van der Waals surface area contributed by atoms with Crippen molar-refractivity contribution in [2.45, 2.75) is 38.4 Å². The van der Waals surface area contributed by atoms with Crippen LogP contribution in [0, 0.1) is 0 Å². The van der Waals surface area contributed by atoms with Gasteiger partial charge >= 0.3 is 0 Å².